The summed E-state index contributed by atoms with van der Waals surface area (Å²) in [5.41, 5.74) is 0.184. The maximum Gasteiger partial charge on any atom is 0.161 e. The zero-order valence-electron chi connectivity index (χ0n) is 8.06. The number of benzene rings is 1. The first-order chi connectivity index (χ1) is 7.08. The molecule has 0 saturated carbocycles. The van der Waals surface area contributed by atoms with E-state index < -0.39 is 17.5 Å². The molecule has 0 radical (unpaired) electrons. The number of thioether (sulfide) groups is 1. The molecule has 2 rings (SSSR count). The van der Waals surface area contributed by atoms with Gasteiger partial charge in [0.25, 0.3) is 0 Å². The summed E-state index contributed by atoms with van der Waals surface area (Å²) in [7, 11) is 0. The topological polar surface area (TPSA) is 12.0 Å². The number of nitrogens with one attached hydrogen (secondary N) is 1. The summed E-state index contributed by atoms with van der Waals surface area (Å²) in [6, 6.07) is 1.52. The number of hydrogen-bond acceptors (Lipinski definition) is 2. The highest BCUT2D eigenvalue weighted by atomic mass is 32.2. The molecule has 1 fully saturated rings. The Morgan fingerprint density at radius 1 is 1.20 bits per heavy atom. The highest BCUT2D eigenvalue weighted by Gasteiger charge is 2.26. The van der Waals surface area contributed by atoms with Gasteiger partial charge in [0.15, 0.2) is 11.6 Å². The Labute approximate surface area is 90.1 Å². The summed E-state index contributed by atoms with van der Waals surface area (Å²) in [6.07, 6.45) is 0. The predicted molar refractivity (Wildman–Crippen MR) is 54.1 cm³/mol. The van der Waals surface area contributed by atoms with Gasteiger partial charge in [-0.3, -0.25) is 0 Å². The molecule has 1 nitrogen and oxygen atoms in total. The number of hydrogen-bond donors (Lipinski definition) is 1. The standard InChI is InChI=1S/C10H10F3NS/c1-5-4-14-10(15-5)6-2-8(12)9(13)3-7(6)11/h2-3,5,10,14H,4H2,1H3. The van der Waals surface area contributed by atoms with Gasteiger partial charge in [0.1, 0.15) is 5.82 Å². The largest absolute Gasteiger partial charge is 0.300 e. The SMILES string of the molecule is CC1CNC(c2cc(F)c(F)cc2F)S1. The fourth-order valence-corrected chi connectivity index (χ4v) is 2.70. The van der Waals surface area contributed by atoms with Crippen molar-refractivity contribution in [2.45, 2.75) is 17.5 Å². The fourth-order valence-electron chi connectivity index (χ4n) is 1.52. The van der Waals surface area contributed by atoms with Crippen LogP contribution in [0.3, 0.4) is 0 Å². The van der Waals surface area contributed by atoms with E-state index in [1.807, 2.05) is 6.92 Å². The maximum absolute atomic E-state index is 13.3. The predicted octanol–water partition coefficient (Wildman–Crippen LogP) is 2.83. The van der Waals surface area contributed by atoms with Crippen molar-refractivity contribution in [3.63, 3.8) is 0 Å². The molecule has 0 spiro atoms. The molecule has 1 saturated heterocycles. The van der Waals surface area contributed by atoms with E-state index in [0.29, 0.717) is 11.3 Å². The third-order valence-corrected chi connectivity index (χ3v) is 3.61. The molecule has 1 aliphatic rings. The lowest BCUT2D eigenvalue weighted by molar-refractivity contribution is 0.487. The van der Waals surface area contributed by atoms with Crippen LogP contribution in [0.2, 0.25) is 0 Å². The van der Waals surface area contributed by atoms with Crippen LogP contribution >= 0.6 is 11.8 Å². The Balaban J connectivity index is 2.32. The molecule has 1 heterocycles. The van der Waals surface area contributed by atoms with Gasteiger partial charge in [-0.25, -0.2) is 13.2 Å². The normalized spacial score (nSPS) is 25.9. The zero-order valence-corrected chi connectivity index (χ0v) is 8.88. The Hall–Kier alpha value is -0.680. The van der Waals surface area contributed by atoms with Gasteiger partial charge in [-0.2, -0.15) is 0 Å². The highest BCUT2D eigenvalue weighted by Crippen LogP contribution is 2.36. The van der Waals surface area contributed by atoms with Crippen LogP contribution in [0.5, 0.6) is 0 Å². The molecule has 2 unspecified atom stereocenters. The third kappa shape index (κ3) is 2.13. The zero-order chi connectivity index (χ0) is 11.0. The molecule has 0 aromatic heterocycles. The molecule has 0 bridgehead atoms. The van der Waals surface area contributed by atoms with Gasteiger partial charge in [-0.15, -0.1) is 11.8 Å². The minimum Gasteiger partial charge on any atom is -0.300 e. The fraction of sp³-hybridized carbons (Fsp3) is 0.400. The quantitative estimate of drug-likeness (QED) is 0.748. The van der Waals surface area contributed by atoms with Crippen molar-refractivity contribution in [3.8, 4) is 0 Å². The van der Waals surface area contributed by atoms with Crippen LogP contribution in [0.1, 0.15) is 17.9 Å². The van der Waals surface area contributed by atoms with Crippen LogP contribution in [-0.2, 0) is 0 Å². The average molecular weight is 233 g/mol. The number of halogens is 3. The molecule has 15 heavy (non-hydrogen) atoms. The van der Waals surface area contributed by atoms with Crippen LogP contribution in [-0.4, -0.2) is 11.8 Å². The van der Waals surface area contributed by atoms with Crippen LogP contribution < -0.4 is 5.32 Å². The van der Waals surface area contributed by atoms with Gasteiger partial charge < -0.3 is 5.32 Å². The second kappa shape index (κ2) is 4.06. The van der Waals surface area contributed by atoms with Crippen LogP contribution in [0.25, 0.3) is 0 Å². The molecule has 5 heteroatoms. The molecule has 82 valence electrons. The lowest BCUT2D eigenvalue weighted by atomic mass is 10.2. The summed E-state index contributed by atoms with van der Waals surface area (Å²) in [6.45, 7) is 2.74. The van der Waals surface area contributed by atoms with Gasteiger partial charge >= 0.3 is 0 Å². The minimum atomic E-state index is -1.15. The van der Waals surface area contributed by atoms with Gasteiger partial charge in [0.05, 0.1) is 5.37 Å². The van der Waals surface area contributed by atoms with Crippen molar-refractivity contribution in [1.82, 2.24) is 5.32 Å². The molecule has 1 aliphatic heterocycles. The molecule has 2 atom stereocenters. The lowest BCUT2D eigenvalue weighted by Gasteiger charge is -2.11. The van der Waals surface area contributed by atoms with E-state index in [0.717, 1.165) is 12.6 Å². The average Bonchev–Trinajstić information content (AvgIpc) is 2.58. The monoisotopic (exact) mass is 233 g/mol. The van der Waals surface area contributed by atoms with E-state index in [4.69, 9.17) is 0 Å². The molecular weight excluding hydrogens is 223 g/mol. The molecule has 1 aromatic carbocycles. The van der Waals surface area contributed by atoms with Crippen LogP contribution in [0.4, 0.5) is 13.2 Å². The van der Waals surface area contributed by atoms with Gasteiger partial charge in [-0.05, 0) is 6.07 Å². The Morgan fingerprint density at radius 2 is 1.87 bits per heavy atom. The number of rotatable bonds is 1. The Kier molecular flexibility index (Phi) is 2.93. The van der Waals surface area contributed by atoms with Crippen molar-refractivity contribution >= 4 is 11.8 Å². The second-order valence-electron chi connectivity index (χ2n) is 3.52. The van der Waals surface area contributed by atoms with E-state index in [2.05, 4.69) is 5.32 Å². The summed E-state index contributed by atoms with van der Waals surface area (Å²) >= 11 is 1.51. The van der Waals surface area contributed by atoms with Crippen molar-refractivity contribution in [2.75, 3.05) is 6.54 Å². The first-order valence-electron chi connectivity index (χ1n) is 4.61. The summed E-state index contributed by atoms with van der Waals surface area (Å²) in [4.78, 5) is 0. The van der Waals surface area contributed by atoms with E-state index >= 15 is 0 Å². The molecular formula is C10H10F3NS. The van der Waals surface area contributed by atoms with E-state index in [1.54, 1.807) is 0 Å². The second-order valence-corrected chi connectivity index (χ2v) is 5.07. The van der Waals surface area contributed by atoms with Crippen molar-refractivity contribution < 1.29 is 13.2 Å². The lowest BCUT2D eigenvalue weighted by Crippen LogP contribution is -2.15. The van der Waals surface area contributed by atoms with E-state index in [1.165, 1.54) is 11.8 Å². The van der Waals surface area contributed by atoms with Gasteiger partial charge in [0.2, 0.25) is 0 Å². The summed E-state index contributed by atoms with van der Waals surface area (Å²) in [5, 5.41) is 3.11. The minimum absolute atomic E-state index is 0.184. The van der Waals surface area contributed by atoms with Crippen molar-refractivity contribution in [1.29, 1.82) is 0 Å². The summed E-state index contributed by atoms with van der Waals surface area (Å²) < 4.78 is 39.0. The maximum atomic E-state index is 13.3. The van der Waals surface area contributed by atoms with E-state index in [9.17, 15) is 13.2 Å². The Morgan fingerprint density at radius 3 is 2.47 bits per heavy atom. The smallest absolute Gasteiger partial charge is 0.161 e. The van der Waals surface area contributed by atoms with E-state index in [-0.39, 0.29) is 10.9 Å². The van der Waals surface area contributed by atoms with Crippen LogP contribution in [0.15, 0.2) is 12.1 Å². The van der Waals surface area contributed by atoms with Crippen molar-refractivity contribution in [3.05, 3.63) is 35.1 Å². The third-order valence-electron chi connectivity index (χ3n) is 2.28. The molecule has 1 aromatic rings. The molecule has 0 amide bonds. The molecule has 1 N–H and O–H groups in total. The van der Waals surface area contributed by atoms with Crippen LogP contribution in [0, 0.1) is 17.5 Å². The molecule has 0 aliphatic carbocycles. The highest BCUT2D eigenvalue weighted by molar-refractivity contribution is 8.00. The first-order valence-corrected chi connectivity index (χ1v) is 5.55. The van der Waals surface area contributed by atoms with Crippen molar-refractivity contribution in [2.24, 2.45) is 0 Å². The van der Waals surface area contributed by atoms with Gasteiger partial charge in [-0.1, -0.05) is 6.92 Å². The Bertz CT molecular complexity index is 383. The first kappa shape index (κ1) is 10.8. The summed E-state index contributed by atoms with van der Waals surface area (Å²) in [5.74, 6) is -2.85. The van der Waals surface area contributed by atoms with Gasteiger partial charge in [0, 0.05) is 23.4 Å².